The lowest BCUT2D eigenvalue weighted by atomic mass is 9.95. The first-order valence-corrected chi connectivity index (χ1v) is 7.90. The van der Waals surface area contributed by atoms with Crippen molar-refractivity contribution < 1.29 is 4.79 Å². The zero-order valence-corrected chi connectivity index (χ0v) is 11.4. The highest BCUT2D eigenvalue weighted by atomic mass is 16.2. The lowest BCUT2D eigenvalue weighted by Crippen LogP contribution is -2.51. The van der Waals surface area contributed by atoms with E-state index in [1.165, 1.54) is 51.4 Å². The second-order valence-electron chi connectivity index (χ2n) is 6.29. The monoisotopic (exact) mass is 250 g/mol. The van der Waals surface area contributed by atoms with Gasteiger partial charge in [-0.25, -0.2) is 0 Å². The smallest absolute Gasteiger partial charge is 0.239 e. The van der Waals surface area contributed by atoms with Crippen LogP contribution in [-0.2, 0) is 4.79 Å². The zero-order valence-electron chi connectivity index (χ0n) is 11.4. The fourth-order valence-electron chi connectivity index (χ4n) is 4.16. The molecule has 3 aliphatic rings. The largest absolute Gasteiger partial charge is 0.338 e. The minimum Gasteiger partial charge on any atom is -0.338 e. The van der Waals surface area contributed by atoms with Gasteiger partial charge >= 0.3 is 0 Å². The van der Waals surface area contributed by atoms with Gasteiger partial charge in [0.2, 0.25) is 5.91 Å². The summed E-state index contributed by atoms with van der Waals surface area (Å²) in [6, 6.07) is 0.699. The Balaban J connectivity index is 1.63. The van der Waals surface area contributed by atoms with Crippen LogP contribution in [0.4, 0.5) is 0 Å². The molecule has 3 heteroatoms. The van der Waals surface area contributed by atoms with E-state index in [1.807, 2.05) is 0 Å². The van der Waals surface area contributed by atoms with Gasteiger partial charge in [0.05, 0.1) is 6.04 Å². The van der Waals surface area contributed by atoms with Gasteiger partial charge in [-0.3, -0.25) is 4.79 Å². The third-order valence-corrected chi connectivity index (χ3v) is 5.13. The molecule has 0 aromatic rings. The highest BCUT2D eigenvalue weighted by Gasteiger charge is 2.38. The summed E-state index contributed by atoms with van der Waals surface area (Å²) in [7, 11) is 0. The molecule has 2 aliphatic heterocycles. The Morgan fingerprint density at radius 1 is 0.944 bits per heavy atom. The summed E-state index contributed by atoms with van der Waals surface area (Å²) in [6.07, 6.45) is 11.4. The van der Waals surface area contributed by atoms with Crippen LogP contribution >= 0.6 is 0 Å². The Kier molecular flexibility index (Phi) is 3.88. The second-order valence-corrected chi connectivity index (χ2v) is 6.29. The summed E-state index contributed by atoms with van der Waals surface area (Å²) >= 11 is 0. The first kappa shape index (κ1) is 12.5. The number of amides is 1. The molecule has 2 atom stereocenters. The topological polar surface area (TPSA) is 32.3 Å². The highest BCUT2D eigenvalue weighted by molar-refractivity contribution is 5.82. The van der Waals surface area contributed by atoms with Crippen LogP contribution in [0.2, 0.25) is 0 Å². The molecule has 1 amide bonds. The Labute approximate surface area is 110 Å². The normalized spacial score (nSPS) is 34.1. The second kappa shape index (κ2) is 5.60. The number of carbonyl (C=O) groups excluding carboxylic acids is 1. The predicted molar refractivity (Wildman–Crippen MR) is 72.3 cm³/mol. The standard InChI is InChI=1S/C15H26N2O/c18-15(13-8-3-4-10-16-13)17-11-5-9-14(17)12-6-1-2-7-12/h12-14,16H,1-11H2/t13-,14?/m0/s1. The van der Waals surface area contributed by atoms with Crippen LogP contribution in [0.5, 0.6) is 0 Å². The van der Waals surface area contributed by atoms with Crippen molar-refractivity contribution in [3.8, 4) is 0 Å². The molecular formula is C15H26N2O. The third-order valence-electron chi connectivity index (χ3n) is 5.13. The Morgan fingerprint density at radius 3 is 2.44 bits per heavy atom. The van der Waals surface area contributed by atoms with E-state index in [9.17, 15) is 4.79 Å². The van der Waals surface area contributed by atoms with E-state index in [1.54, 1.807) is 0 Å². The Hall–Kier alpha value is -0.570. The molecular weight excluding hydrogens is 224 g/mol. The maximum atomic E-state index is 12.6. The molecule has 0 aromatic carbocycles. The zero-order chi connectivity index (χ0) is 12.4. The fourth-order valence-corrected chi connectivity index (χ4v) is 4.16. The molecule has 18 heavy (non-hydrogen) atoms. The maximum absolute atomic E-state index is 12.6. The highest BCUT2D eigenvalue weighted by Crippen LogP contribution is 2.35. The molecule has 2 saturated heterocycles. The number of hydrogen-bond acceptors (Lipinski definition) is 2. The molecule has 2 heterocycles. The van der Waals surface area contributed by atoms with E-state index >= 15 is 0 Å². The Morgan fingerprint density at radius 2 is 1.72 bits per heavy atom. The first-order valence-electron chi connectivity index (χ1n) is 7.90. The van der Waals surface area contributed by atoms with E-state index in [-0.39, 0.29) is 6.04 Å². The molecule has 3 nitrogen and oxygen atoms in total. The lowest BCUT2D eigenvalue weighted by Gasteiger charge is -2.34. The third kappa shape index (κ3) is 2.42. The molecule has 1 unspecified atom stereocenters. The summed E-state index contributed by atoms with van der Waals surface area (Å²) < 4.78 is 0. The van der Waals surface area contributed by atoms with Crippen LogP contribution in [-0.4, -0.2) is 36.0 Å². The van der Waals surface area contributed by atoms with Crippen LogP contribution in [0, 0.1) is 5.92 Å². The van der Waals surface area contributed by atoms with Crippen molar-refractivity contribution in [1.29, 1.82) is 0 Å². The summed E-state index contributed by atoms with van der Waals surface area (Å²) in [6.45, 7) is 2.04. The van der Waals surface area contributed by atoms with Crippen LogP contribution < -0.4 is 5.32 Å². The number of hydrogen-bond donors (Lipinski definition) is 1. The minimum absolute atomic E-state index is 0.126. The van der Waals surface area contributed by atoms with E-state index in [0.717, 1.165) is 25.4 Å². The molecule has 0 spiro atoms. The molecule has 3 rings (SSSR count). The summed E-state index contributed by atoms with van der Waals surface area (Å²) in [5, 5.41) is 3.42. The van der Waals surface area contributed by atoms with Gasteiger partial charge in [-0.05, 0) is 51.0 Å². The number of nitrogens with one attached hydrogen (secondary N) is 1. The number of carbonyl (C=O) groups is 1. The van der Waals surface area contributed by atoms with E-state index in [0.29, 0.717) is 11.9 Å². The summed E-state index contributed by atoms with van der Waals surface area (Å²) in [4.78, 5) is 14.9. The van der Waals surface area contributed by atoms with Gasteiger partial charge in [0.25, 0.3) is 0 Å². The number of piperidine rings is 1. The average molecular weight is 250 g/mol. The van der Waals surface area contributed by atoms with Crippen LogP contribution in [0.15, 0.2) is 0 Å². The van der Waals surface area contributed by atoms with E-state index < -0.39 is 0 Å². The molecule has 0 radical (unpaired) electrons. The quantitative estimate of drug-likeness (QED) is 0.815. The summed E-state index contributed by atoms with van der Waals surface area (Å²) in [5.74, 6) is 1.21. The average Bonchev–Trinajstić information content (AvgIpc) is 3.09. The molecule has 0 aromatic heterocycles. The van der Waals surface area contributed by atoms with E-state index in [4.69, 9.17) is 0 Å². The van der Waals surface area contributed by atoms with Crippen molar-refractivity contribution in [2.24, 2.45) is 5.92 Å². The molecule has 1 saturated carbocycles. The van der Waals surface area contributed by atoms with Gasteiger partial charge in [0.15, 0.2) is 0 Å². The van der Waals surface area contributed by atoms with Crippen molar-refractivity contribution in [3.63, 3.8) is 0 Å². The van der Waals surface area contributed by atoms with Gasteiger partial charge in [0, 0.05) is 12.6 Å². The van der Waals surface area contributed by atoms with Gasteiger partial charge in [-0.2, -0.15) is 0 Å². The molecule has 102 valence electrons. The van der Waals surface area contributed by atoms with Crippen molar-refractivity contribution >= 4 is 5.91 Å². The van der Waals surface area contributed by atoms with Crippen molar-refractivity contribution in [2.45, 2.75) is 69.9 Å². The Bertz CT molecular complexity index is 293. The van der Waals surface area contributed by atoms with Crippen LogP contribution in [0.1, 0.15) is 57.8 Å². The van der Waals surface area contributed by atoms with Crippen molar-refractivity contribution in [1.82, 2.24) is 10.2 Å². The number of rotatable bonds is 2. The van der Waals surface area contributed by atoms with Crippen molar-refractivity contribution in [3.05, 3.63) is 0 Å². The van der Waals surface area contributed by atoms with Gasteiger partial charge in [-0.15, -0.1) is 0 Å². The number of likely N-dealkylation sites (tertiary alicyclic amines) is 1. The lowest BCUT2D eigenvalue weighted by molar-refractivity contribution is -0.135. The molecule has 1 N–H and O–H groups in total. The van der Waals surface area contributed by atoms with Crippen LogP contribution in [0.3, 0.4) is 0 Å². The van der Waals surface area contributed by atoms with Crippen molar-refractivity contribution in [2.75, 3.05) is 13.1 Å². The summed E-state index contributed by atoms with van der Waals surface area (Å²) in [5.41, 5.74) is 0. The van der Waals surface area contributed by atoms with Gasteiger partial charge in [0.1, 0.15) is 0 Å². The number of nitrogens with zero attached hydrogens (tertiary/aromatic N) is 1. The molecule has 0 bridgehead atoms. The minimum atomic E-state index is 0.126. The van der Waals surface area contributed by atoms with Gasteiger partial charge in [-0.1, -0.05) is 19.3 Å². The molecule has 1 aliphatic carbocycles. The fraction of sp³-hybridized carbons (Fsp3) is 0.933. The molecule has 3 fully saturated rings. The first-order chi connectivity index (χ1) is 8.86. The van der Waals surface area contributed by atoms with E-state index in [2.05, 4.69) is 10.2 Å². The SMILES string of the molecule is O=C([C@@H]1CCCCN1)N1CCCC1C1CCCC1. The predicted octanol–water partition coefficient (Wildman–Crippen LogP) is 2.31. The maximum Gasteiger partial charge on any atom is 0.239 e. The van der Waals surface area contributed by atoms with Crippen LogP contribution in [0.25, 0.3) is 0 Å². The van der Waals surface area contributed by atoms with Gasteiger partial charge < -0.3 is 10.2 Å².